The van der Waals surface area contributed by atoms with Gasteiger partial charge in [0.2, 0.25) is 0 Å². The first-order chi connectivity index (χ1) is 20.8. The first-order valence-corrected chi connectivity index (χ1v) is 19.4. The van der Waals surface area contributed by atoms with Crippen LogP contribution >= 0.6 is 7.82 Å². The fraction of sp³-hybridized carbons (Fsp3) is 0.941. The molecule has 0 radical (unpaired) electrons. The van der Waals surface area contributed by atoms with Gasteiger partial charge in [-0.25, -0.2) is 4.57 Å². The largest absolute Gasteiger partial charge is 0.469 e. The Hall–Kier alpha value is -0.950. The highest BCUT2D eigenvalue weighted by molar-refractivity contribution is 7.46. The fourth-order valence-electron chi connectivity index (χ4n) is 5.20. The molecule has 0 spiro atoms. The quantitative estimate of drug-likeness (QED) is 0.0416. The molecule has 256 valence electrons. The van der Waals surface area contributed by atoms with Crippen molar-refractivity contribution in [2.45, 2.75) is 193 Å². The Balaban J connectivity index is 3.96. The maximum absolute atomic E-state index is 12.3. The highest BCUT2D eigenvalue weighted by Crippen LogP contribution is 2.36. The van der Waals surface area contributed by atoms with Crippen molar-refractivity contribution in [3.8, 4) is 0 Å². The summed E-state index contributed by atoms with van der Waals surface area (Å²) < 4.78 is 26.2. The minimum absolute atomic E-state index is 0.219. The van der Waals surface area contributed by atoms with Gasteiger partial charge in [-0.2, -0.15) is 0 Å². The molecular weight excluding hydrogens is 567 g/mol. The number of carbonyl (C=O) groups is 2. The average Bonchev–Trinajstić information content (AvgIpc) is 2.97. The Morgan fingerprint density at radius 2 is 0.837 bits per heavy atom. The van der Waals surface area contributed by atoms with E-state index in [1.807, 2.05) is 0 Å². The number of ether oxygens (including phenoxy) is 2. The molecule has 0 aliphatic heterocycles. The second-order valence-corrected chi connectivity index (χ2v) is 13.5. The van der Waals surface area contributed by atoms with Crippen LogP contribution in [0.5, 0.6) is 0 Å². The van der Waals surface area contributed by atoms with Gasteiger partial charge in [0.05, 0.1) is 6.61 Å². The van der Waals surface area contributed by atoms with Gasteiger partial charge in [0.25, 0.3) is 0 Å². The zero-order valence-electron chi connectivity index (χ0n) is 27.9. The lowest BCUT2D eigenvalue weighted by atomic mass is 10.0. The molecule has 0 aliphatic rings. The van der Waals surface area contributed by atoms with Gasteiger partial charge >= 0.3 is 19.8 Å². The number of hydrogen-bond donors (Lipinski definition) is 2. The number of unbranched alkanes of at least 4 members (excludes halogenated alkanes) is 23. The van der Waals surface area contributed by atoms with Gasteiger partial charge in [-0.1, -0.05) is 162 Å². The second-order valence-electron chi connectivity index (χ2n) is 12.2. The first-order valence-electron chi connectivity index (χ1n) is 17.8. The monoisotopic (exact) mass is 634 g/mol. The van der Waals surface area contributed by atoms with E-state index in [1.54, 1.807) is 0 Å². The van der Waals surface area contributed by atoms with E-state index in [4.69, 9.17) is 19.3 Å². The van der Waals surface area contributed by atoms with Crippen molar-refractivity contribution in [2.24, 2.45) is 0 Å². The minimum atomic E-state index is -4.74. The molecule has 0 aromatic carbocycles. The van der Waals surface area contributed by atoms with Crippen LogP contribution in [0.3, 0.4) is 0 Å². The maximum Gasteiger partial charge on any atom is 0.469 e. The van der Waals surface area contributed by atoms with Crippen LogP contribution in [0, 0.1) is 0 Å². The molecule has 0 unspecified atom stereocenters. The summed E-state index contributed by atoms with van der Waals surface area (Å²) in [4.78, 5) is 42.5. The smallest absolute Gasteiger partial charge is 0.462 e. The highest BCUT2D eigenvalue weighted by Gasteiger charge is 2.22. The number of rotatable bonds is 33. The van der Waals surface area contributed by atoms with E-state index in [9.17, 15) is 14.2 Å². The number of esters is 2. The number of hydrogen-bond acceptors (Lipinski definition) is 6. The van der Waals surface area contributed by atoms with Gasteiger partial charge in [-0.3, -0.25) is 14.1 Å². The zero-order chi connectivity index (χ0) is 31.9. The van der Waals surface area contributed by atoms with Gasteiger partial charge < -0.3 is 19.3 Å². The first kappa shape index (κ1) is 42.0. The minimum Gasteiger partial charge on any atom is -0.462 e. The summed E-state index contributed by atoms with van der Waals surface area (Å²) in [6.07, 6.45) is 29.6. The van der Waals surface area contributed by atoms with E-state index in [1.165, 1.54) is 122 Å². The van der Waals surface area contributed by atoms with Crippen LogP contribution in [0.4, 0.5) is 0 Å². The Labute approximate surface area is 264 Å². The molecule has 0 bridgehead atoms. The molecule has 9 heteroatoms. The normalized spacial score (nSPS) is 12.4. The van der Waals surface area contributed by atoms with Crippen molar-refractivity contribution in [1.29, 1.82) is 0 Å². The van der Waals surface area contributed by atoms with Crippen LogP contribution < -0.4 is 0 Å². The molecule has 8 nitrogen and oxygen atoms in total. The molecule has 0 fully saturated rings. The van der Waals surface area contributed by atoms with Crippen molar-refractivity contribution in [1.82, 2.24) is 0 Å². The summed E-state index contributed by atoms with van der Waals surface area (Å²) in [6.45, 7) is 3.67. The molecule has 0 aromatic heterocycles. The lowest BCUT2D eigenvalue weighted by Crippen LogP contribution is -2.29. The van der Waals surface area contributed by atoms with Crippen LogP contribution in [0.15, 0.2) is 0 Å². The van der Waals surface area contributed by atoms with Crippen LogP contribution in [-0.4, -0.2) is 41.0 Å². The molecule has 0 saturated carbocycles. The Bertz CT molecular complexity index is 681. The zero-order valence-corrected chi connectivity index (χ0v) is 28.8. The summed E-state index contributed by atoms with van der Waals surface area (Å²) in [5.74, 6) is -0.875. The van der Waals surface area contributed by atoms with E-state index in [0.717, 1.165) is 32.1 Å². The summed E-state index contributed by atoms with van der Waals surface area (Å²) in [5.41, 5.74) is 0. The molecule has 2 N–H and O–H groups in total. The van der Waals surface area contributed by atoms with Gasteiger partial charge in [-0.05, 0) is 12.8 Å². The lowest BCUT2D eigenvalue weighted by molar-refractivity contribution is -0.161. The van der Waals surface area contributed by atoms with Crippen molar-refractivity contribution in [2.75, 3.05) is 13.2 Å². The van der Waals surface area contributed by atoms with Gasteiger partial charge in [-0.15, -0.1) is 0 Å². The van der Waals surface area contributed by atoms with Crippen molar-refractivity contribution in [3.63, 3.8) is 0 Å². The fourth-order valence-corrected chi connectivity index (χ4v) is 5.56. The third kappa shape index (κ3) is 33.8. The third-order valence-corrected chi connectivity index (χ3v) is 8.36. The lowest BCUT2D eigenvalue weighted by Gasteiger charge is -2.18. The summed E-state index contributed by atoms with van der Waals surface area (Å²) >= 11 is 0. The molecule has 0 aliphatic carbocycles. The Morgan fingerprint density at radius 3 is 1.19 bits per heavy atom. The van der Waals surface area contributed by atoms with E-state index in [0.29, 0.717) is 6.42 Å². The molecule has 0 rings (SSSR count). The Kier molecular flexibility index (Phi) is 30.4. The van der Waals surface area contributed by atoms with E-state index in [2.05, 4.69) is 18.4 Å². The van der Waals surface area contributed by atoms with Gasteiger partial charge in [0.15, 0.2) is 6.10 Å². The van der Waals surface area contributed by atoms with Crippen LogP contribution in [0.2, 0.25) is 0 Å². The number of carbonyl (C=O) groups excluding carboxylic acids is 2. The van der Waals surface area contributed by atoms with Crippen molar-refractivity contribution >= 4 is 19.8 Å². The van der Waals surface area contributed by atoms with Crippen molar-refractivity contribution in [3.05, 3.63) is 0 Å². The van der Waals surface area contributed by atoms with E-state index in [-0.39, 0.29) is 19.4 Å². The van der Waals surface area contributed by atoms with Crippen LogP contribution in [0.25, 0.3) is 0 Å². The molecule has 0 heterocycles. The highest BCUT2D eigenvalue weighted by atomic mass is 31.2. The molecular formula is C34H67O8P. The molecule has 43 heavy (non-hydrogen) atoms. The predicted molar refractivity (Wildman–Crippen MR) is 175 cm³/mol. The number of phosphoric acid groups is 1. The SMILES string of the molecule is CCCCCCCCCCCCCCCC(=O)O[C@H](COC(=O)CCCCCCCCCCCCCC)COP(=O)(O)O. The summed E-state index contributed by atoms with van der Waals surface area (Å²) in [7, 11) is -4.74. The molecule has 0 saturated heterocycles. The van der Waals surface area contributed by atoms with Crippen LogP contribution in [0.1, 0.15) is 187 Å². The second kappa shape index (κ2) is 31.0. The van der Waals surface area contributed by atoms with Crippen molar-refractivity contribution < 1.29 is 37.9 Å². The molecule has 1 atom stereocenters. The predicted octanol–water partition coefficient (Wildman–Crippen LogP) is 10.1. The average molecular weight is 635 g/mol. The van der Waals surface area contributed by atoms with E-state index < -0.39 is 32.5 Å². The molecule has 0 amide bonds. The third-order valence-electron chi connectivity index (χ3n) is 7.88. The standard InChI is InChI=1S/C34H67O8P/c1-3-5-7-9-11-13-15-17-19-21-23-25-27-29-34(36)42-32(31-41-43(37,38)39)30-40-33(35)28-26-24-22-20-18-16-14-12-10-8-6-4-2/h32H,3-31H2,1-2H3,(H2,37,38,39)/t32-/m1/s1. The van der Waals surface area contributed by atoms with Gasteiger partial charge in [0, 0.05) is 12.8 Å². The van der Waals surface area contributed by atoms with Gasteiger partial charge in [0.1, 0.15) is 6.61 Å². The molecule has 0 aromatic rings. The summed E-state index contributed by atoms with van der Waals surface area (Å²) in [5, 5.41) is 0. The van der Waals surface area contributed by atoms with E-state index >= 15 is 0 Å². The maximum atomic E-state index is 12.3. The topological polar surface area (TPSA) is 119 Å². The Morgan fingerprint density at radius 1 is 0.512 bits per heavy atom. The summed E-state index contributed by atoms with van der Waals surface area (Å²) in [6, 6.07) is 0. The van der Waals surface area contributed by atoms with Crippen LogP contribution in [-0.2, 0) is 28.2 Å². The number of phosphoric ester groups is 1.